The zero-order valence-corrected chi connectivity index (χ0v) is 13.4. The zero-order valence-electron chi connectivity index (χ0n) is 13.4. The van der Waals surface area contributed by atoms with Crippen molar-refractivity contribution < 1.29 is 18.0 Å². The Morgan fingerprint density at radius 3 is 2.79 bits per heavy atom. The van der Waals surface area contributed by atoms with E-state index in [1.807, 2.05) is 0 Å². The maximum atomic E-state index is 13.9. The number of amides is 1. The van der Waals surface area contributed by atoms with Crippen LogP contribution in [0.2, 0.25) is 0 Å². The summed E-state index contributed by atoms with van der Waals surface area (Å²) in [5.41, 5.74) is 1.33. The van der Waals surface area contributed by atoms with Crippen molar-refractivity contribution in [2.24, 2.45) is 0 Å². The van der Waals surface area contributed by atoms with E-state index in [1.165, 1.54) is 31.3 Å². The molecule has 2 heterocycles. The molecule has 1 atom stereocenters. The van der Waals surface area contributed by atoms with E-state index in [-0.39, 0.29) is 23.0 Å². The second-order valence-electron chi connectivity index (χ2n) is 6.14. The molecule has 3 rings (SSSR count). The van der Waals surface area contributed by atoms with Crippen LogP contribution in [0.15, 0.2) is 30.5 Å². The van der Waals surface area contributed by atoms with Crippen molar-refractivity contribution in [2.45, 2.75) is 38.5 Å². The molecule has 0 saturated carbocycles. The summed E-state index contributed by atoms with van der Waals surface area (Å²) in [5.74, 6) is -4.40. The minimum atomic E-state index is -3.04. The second kappa shape index (κ2) is 5.92. The van der Waals surface area contributed by atoms with Gasteiger partial charge in [0, 0.05) is 35.6 Å². The van der Waals surface area contributed by atoms with Gasteiger partial charge in [-0.2, -0.15) is 0 Å². The number of halogens is 3. The van der Waals surface area contributed by atoms with Crippen LogP contribution in [0, 0.1) is 12.7 Å². The number of nitrogens with zero attached hydrogens (tertiary/aromatic N) is 1. The van der Waals surface area contributed by atoms with E-state index in [1.54, 1.807) is 6.07 Å². The normalized spacial score (nSPS) is 17.9. The minimum absolute atomic E-state index is 0.194. The number of aromatic nitrogens is 1. The molecule has 1 unspecified atom stereocenters. The number of aryl methyl sites for hydroxylation is 1. The van der Waals surface area contributed by atoms with Gasteiger partial charge in [0.1, 0.15) is 5.82 Å². The first-order chi connectivity index (χ1) is 11.3. The molecule has 0 bridgehead atoms. The number of fused-ring (bicyclic) bond motifs is 1. The van der Waals surface area contributed by atoms with Gasteiger partial charge in [-0.15, -0.1) is 0 Å². The number of nitrogens with one attached hydrogen (secondary N) is 1. The van der Waals surface area contributed by atoms with Crippen LogP contribution >= 0.6 is 0 Å². The predicted octanol–water partition coefficient (Wildman–Crippen LogP) is 4.31. The molecule has 1 aromatic heterocycles. The molecule has 1 amide bonds. The van der Waals surface area contributed by atoms with Crippen LogP contribution in [-0.2, 0) is 17.1 Å². The standard InChI is InChI=1S/C18H17F3N2O/c1-10-14(18(2,20)21)8-11(9-22-10)12-6-7-13-15(19)4-3-5-16(13)23-17(12)24/h3-5,8-9,12H,6-7H2,1-2H3,(H,23,24). The number of pyridine rings is 1. The summed E-state index contributed by atoms with van der Waals surface area (Å²) in [5, 5.41) is 2.69. The van der Waals surface area contributed by atoms with E-state index in [9.17, 15) is 18.0 Å². The van der Waals surface area contributed by atoms with Crippen molar-refractivity contribution in [1.29, 1.82) is 0 Å². The van der Waals surface area contributed by atoms with Crippen molar-refractivity contribution in [3.05, 3.63) is 58.7 Å². The van der Waals surface area contributed by atoms with Gasteiger partial charge >= 0.3 is 0 Å². The van der Waals surface area contributed by atoms with Gasteiger partial charge in [0.05, 0.1) is 5.92 Å². The third-order valence-corrected chi connectivity index (χ3v) is 4.36. The third-order valence-electron chi connectivity index (χ3n) is 4.36. The van der Waals surface area contributed by atoms with Crippen molar-refractivity contribution in [2.75, 3.05) is 5.32 Å². The van der Waals surface area contributed by atoms with E-state index in [4.69, 9.17) is 0 Å². The van der Waals surface area contributed by atoms with Gasteiger partial charge in [-0.1, -0.05) is 6.07 Å². The Bertz CT molecular complexity index is 799. The van der Waals surface area contributed by atoms with Gasteiger partial charge in [-0.3, -0.25) is 9.78 Å². The van der Waals surface area contributed by atoms with Crippen molar-refractivity contribution in [3.8, 4) is 0 Å². The summed E-state index contributed by atoms with van der Waals surface area (Å²) >= 11 is 0. The molecule has 0 aliphatic carbocycles. The number of carbonyl (C=O) groups is 1. The fourth-order valence-electron chi connectivity index (χ4n) is 3.07. The molecule has 6 heteroatoms. The van der Waals surface area contributed by atoms with E-state index < -0.39 is 11.8 Å². The summed E-state index contributed by atoms with van der Waals surface area (Å²) in [6.07, 6.45) is 2.12. The molecule has 126 valence electrons. The topological polar surface area (TPSA) is 42.0 Å². The molecular weight excluding hydrogens is 317 g/mol. The van der Waals surface area contributed by atoms with Crippen molar-refractivity contribution >= 4 is 11.6 Å². The smallest absolute Gasteiger partial charge is 0.272 e. The highest BCUT2D eigenvalue weighted by atomic mass is 19.3. The number of alkyl halides is 2. The molecule has 3 nitrogen and oxygen atoms in total. The first-order valence-corrected chi connectivity index (χ1v) is 7.70. The van der Waals surface area contributed by atoms with Gasteiger partial charge in [-0.05, 0) is 43.5 Å². The number of hydrogen-bond acceptors (Lipinski definition) is 2. The van der Waals surface area contributed by atoms with Crippen LogP contribution in [0.3, 0.4) is 0 Å². The number of rotatable bonds is 2. The van der Waals surface area contributed by atoms with E-state index in [0.717, 1.165) is 6.92 Å². The van der Waals surface area contributed by atoms with Crippen LogP contribution in [0.4, 0.5) is 18.9 Å². The summed E-state index contributed by atoms with van der Waals surface area (Å²) in [6, 6.07) is 5.84. The summed E-state index contributed by atoms with van der Waals surface area (Å²) in [6.45, 7) is 2.31. The molecule has 1 aliphatic rings. The molecular formula is C18H17F3N2O. The first kappa shape index (κ1) is 16.5. The Morgan fingerprint density at radius 2 is 2.08 bits per heavy atom. The maximum Gasteiger partial charge on any atom is 0.272 e. The van der Waals surface area contributed by atoms with Crippen LogP contribution in [0.1, 0.15) is 41.6 Å². The summed E-state index contributed by atoms with van der Waals surface area (Å²) < 4.78 is 41.4. The van der Waals surface area contributed by atoms with Gasteiger partial charge in [-0.25, -0.2) is 13.2 Å². The molecule has 0 fully saturated rings. The highest BCUT2D eigenvalue weighted by molar-refractivity contribution is 5.97. The predicted molar refractivity (Wildman–Crippen MR) is 84.6 cm³/mol. The number of hydrogen-bond donors (Lipinski definition) is 1. The van der Waals surface area contributed by atoms with Crippen molar-refractivity contribution in [3.63, 3.8) is 0 Å². The van der Waals surface area contributed by atoms with Gasteiger partial charge in [0.2, 0.25) is 5.91 Å². The Kier molecular flexibility index (Phi) is 4.07. The Hall–Kier alpha value is -2.37. The Morgan fingerprint density at radius 1 is 1.33 bits per heavy atom. The molecule has 2 aromatic rings. The summed E-state index contributed by atoms with van der Waals surface area (Å²) in [7, 11) is 0. The number of benzene rings is 1. The molecule has 1 aromatic carbocycles. The second-order valence-corrected chi connectivity index (χ2v) is 6.14. The highest BCUT2D eigenvalue weighted by Crippen LogP contribution is 2.35. The van der Waals surface area contributed by atoms with Crippen LogP contribution in [-0.4, -0.2) is 10.9 Å². The first-order valence-electron chi connectivity index (χ1n) is 7.70. The van der Waals surface area contributed by atoms with E-state index in [0.29, 0.717) is 29.7 Å². The van der Waals surface area contributed by atoms with Gasteiger partial charge in [0.25, 0.3) is 5.92 Å². The lowest BCUT2D eigenvalue weighted by atomic mass is 9.92. The van der Waals surface area contributed by atoms with Crippen molar-refractivity contribution in [1.82, 2.24) is 4.98 Å². The lowest BCUT2D eigenvalue weighted by molar-refractivity contribution is -0.117. The average molecular weight is 334 g/mol. The fourth-order valence-corrected chi connectivity index (χ4v) is 3.07. The average Bonchev–Trinajstić information content (AvgIpc) is 2.66. The minimum Gasteiger partial charge on any atom is -0.325 e. The fraction of sp³-hybridized carbons (Fsp3) is 0.333. The van der Waals surface area contributed by atoms with Crippen LogP contribution in [0.5, 0.6) is 0 Å². The number of carbonyl (C=O) groups excluding carboxylic acids is 1. The number of anilines is 1. The third kappa shape index (κ3) is 3.00. The monoisotopic (exact) mass is 334 g/mol. The highest BCUT2D eigenvalue weighted by Gasteiger charge is 2.31. The lowest BCUT2D eigenvalue weighted by Crippen LogP contribution is -2.21. The molecule has 0 saturated heterocycles. The Balaban J connectivity index is 1.97. The Labute approximate surface area is 137 Å². The van der Waals surface area contributed by atoms with E-state index in [2.05, 4.69) is 10.3 Å². The maximum absolute atomic E-state index is 13.9. The lowest BCUT2D eigenvalue weighted by Gasteiger charge is -2.18. The SMILES string of the molecule is Cc1ncc(C2CCc3c(F)cccc3NC2=O)cc1C(C)(F)F. The van der Waals surface area contributed by atoms with Crippen LogP contribution in [0.25, 0.3) is 0 Å². The van der Waals surface area contributed by atoms with Gasteiger partial charge in [0.15, 0.2) is 0 Å². The van der Waals surface area contributed by atoms with Gasteiger partial charge < -0.3 is 5.32 Å². The largest absolute Gasteiger partial charge is 0.325 e. The molecule has 0 radical (unpaired) electrons. The molecule has 0 spiro atoms. The molecule has 24 heavy (non-hydrogen) atoms. The summed E-state index contributed by atoms with van der Waals surface area (Å²) in [4.78, 5) is 16.5. The van der Waals surface area contributed by atoms with E-state index >= 15 is 0 Å². The molecule has 1 aliphatic heterocycles. The zero-order chi connectivity index (χ0) is 17.5. The quantitative estimate of drug-likeness (QED) is 0.889. The molecule has 1 N–H and O–H groups in total. The van der Waals surface area contributed by atoms with Crippen LogP contribution < -0.4 is 5.32 Å².